The minimum absolute atomic E-state index is 0.0468. The van der Waals surface area contributed by atoms with Crippen LogP contribution in [0.15, 0.2) is 24.5 Å². The van der Waals surface area contributed by atoms with Crippen LogP contribution in [0, 0.1) is 17.0 Å². The fraction of sp³-hybridized carbons (Fsp3) is 0.214. The number of hydrogen-bond acceptors (Lipinski definition) is 7. The summed E-state index contributed by atoms with van der Waals surface area (Å²) in [5.74, 6) is 0.933. The number of rotatable bonds is 5. The lowest BCUT2D eigenvalue weighted by Gasteiger charge is -2.11. The summed E-state index contributed by atoms with van der Waals surface area (Å²) in [6.07, 6.45) is 1.34. The molecule has 0 saturated carbocycles. The number of aryl methyl sites for hydroxylation is 1. The SMILES string of the molecule is COCc1cc(Oc2cc([N+](=O)[O-])c(Cl)cc2C)n2ncnc2n1. The van der Waals surface area contributed by atoms with E-state index in [4.69, 9.17) is 21.1 Å². The predicted molar refractivity (Wildman–Crippen MR) is 84.4 cm³/mol. The van der Waals surface area contributed by atoms with E-state index in [-0.39, 0.29) is 23.1 Å². The molecule has 0 fully saturated rings. The molecule has 3 aromatic rings. The van der Waals surface area contributed by atoms with Crippen molar-refractivity contribution in [3.05, 3.63) is 50.9 Å². The van der Waals surface area contributed by atoms with E-state index in [1.54, 1.807) is 20.1 Å². The summed E-state index contributed by atoms with van der Waals surface area (Å²) in [5, 5.41) is 15.1. The summed E-state index contributed by atoms with van der Waals surface area (Å²) in [5.41, 5.74) is 0.997. The fourth-order valence-corrected chi connectivity index (χ4v) is 2.42. The van der Waals surface area contributed by atoms with Gasteiger partial charge in [-0.05, 0) is 18.6 Å². The van der Waals surface area contributed by atoms with Crippen LogP contribution in [0.2, 0.25) is 5.02 Å². The first-order valence-corrected chi connectivity index (χ1v) is 7.18. The molecule has 24 heavy (non-hydrogen) atoms. The molecule has 0 aliphatic carbocycles. The van der Waals surface area contributed by atoms with E-state index in [0.717, 1.165) is 0 Å². The molecular formula is C14H12ClN5O4. The average molecular weight is 350 g/mol. The highest BCUT2D eigenvalue weighted by Crippen LogP contribution is 2.34. The lowest BCUT2D eigenvalue weighted by molar-refractivity contribution is -0.384. The summed E-state index contributed by atoms with van der Waals surface area (Å²) in [7, 11) is 1.54. The summed E-state index contributed by atoms with van der Waals surface area (Å²) < 4.78 is 12.3. The number of nitro benzene ring substituents is 1. The van der Waals surface area contributed by atoms with E-state index in [2.05, 4.69) is 15.1 Å². The molecular weight excluding hydrogens is 338 g/mol. The molecule has 0 aliphatic rings. The van der Waals surface area contributed by atoms with E-state index < -0.39 is 4.92 Å². The monoisotopic (exact) mass is 349 g/mol. The van der Waals surface area contributed by atoms with Gasteiger partial charge in [0.05, 0.1) is 23.3 Å². The van der Waals surface area contributed by atoms with Crippen molar-refractivity contribution in [2.75, 3.05) is 7.11 Å². The third-order valence-corrected chi connectivity index (χ3v) is 3.52. The Bertz CT molecular complexity index is 927. The van der Waals surface area contributed by atoms with Gasteiger partial charge in [-0.15, -0.1) is 0 Å². The Hall–Kier alpha value is -2.78. The van der Waals surface area contributed by atoms with Crippen LogP contribution in [0.4, 0.5) is 5.69 Å². The van der Waals surface area contributed by atoms with Crippen LogP contribution in [-0.2, 0) is 11.3 Å². The summed E-state index contributed by atoms with van der Waals surface area (Å²) in [4.78, 5) is 18.8. The second-order valence-electron chi connectivity index (χ2n) is 4.92. The largest absolute Gasteiger partial charge is 0.438 e. The zero-order valence-corrected chi connectivity index (χ0v) is 13.5. The van der Waals surface area contributed by atoms with Crippen LogP contribution in [0.5, 0.6) is 11.6 Å². The highest BCUT2D eigenvalue weighted by atomic mass is 35.5. The minimum Gasteiger partial charge on any atom is -0.438 e. The first-order chi connectivity index (χ1) is 11.5. The molecule has 9 nitrogen and oxygen atoms in total. The molecule has 2 aromatic heterocycles. The van der Waals surface area contributed by atoms with Gasteiger partial charge in [0.1, 0.15) is 17.1 Å². The standard InChI is InChI=1S/C14H12ClN5O4/c1-8-3-10(15)11(20(21)22)5-12(8)24-13-4-9(6-23-2)18-14-16-7-17-19(13)14/h3-5,7H,6H2,1-2H3. The zero-order chi connectivity index (χ0) is 17.3. The normalized spacial score (nSPS) is 11.0. The molecule has 0 spiro atoms. The Morgan fingerprint density at radius 2 is 2.17 bits per heavy atom. The molecule has 0 atom stereocenters. The lowest BCUT2D eigenvalue weighted by Crippen LogP contribution is -2.03. The first-order valence-electron chi connectivity index (χ1n) is 6.80. The Balaban J connectivity index is 2.08. The van der Waals surface area contributed by atoms with Crippen molar-refractivity contribution in [1.82, 2.24) is 19.6 Å². The van der Waals surface area contributed by atoms with Crippen molar-refractivity contribution >= 4 is 23.1 Å². The van der Waals surface area contributed by atoms with Gasteiger partial charge in [0, 0.05) is 13.2 Å². The molecule has 10 heteroatoms. The molecule has 3 rings (SSSR count). The third-order valence-electron chi connectivity index (χ3n) is 3.22. The molecule has 0 bridgehead atoms. The molecule has 0 amide bonds. The summed E-state index contributed by atoms with van der Waals surface area (Å²) in [6.45, 7) is 2.00. The summed E-state index contributed by atoms with van der Waals surface area (Å²) >= 11 is 5.89. The van der Waals surface area contributed by atoms with E-state index in [0.29, 0.717) is 22.9 Å². The molecule has 124 valence electrons. The second kappa shape index (κ2) is 6.38. The smallest absolute Gasteiger partial charge is 0.291 e. The maximum atomic E-state index is 11.1. The van der Waals surface area contributed by atoms with Crippen molar-refractivity contribution in [3.63, 3.8) is 0 Å². The van der Waals surface area contributed by atoms with Crippen LogP contribution in [0.25, 0.3) is 5.78 Å². The van der Waals surface area contributed by atoms with Crippen molar-refractivity contribution in [2.45, 2.75) is 13.5 Å². The molecule has 1 aromatic carbocycles. The molecule has 0 unspecified atom stereocenters. The Labute approximate surface area is 141 Å². The fourth-order valence-electron chi connectivity index (χ4n) is 2.13. The molecule has 0 aliphatic heterocycles. The van der Waals surface area contributed by atoms with Gasteiger partial charge in [0.2, 0.25) is 5.88 Å². The average Bonchev–Trinajstić information content (AvgIpc) is 2.98. The van der Waals surface area contributed by atoms with Crippen molar-refractivity contribution < 1.29 is 14.4 Å². The quantitative estimate of drug-likeness (QED) is 0.515. The van der Waals surface area contributed by atoms with E-state index >= 15 is 0 Å². The Kier molecular flexibility index (Phi) is 4.28. The van der Waals surface area contributed by atoms with Gasteiger partial charge < -0.3 is 9.47 Å². The number of halogens is 1. The highest BCUT2D eigenvalue weighted by molar-refractivity contribution is 6.32. The van der Waals surface area contributed by atoms with E-state index in [1.807, 2.05) is 0 Å². The highest BCUT2D eigenvalue weighted by Gasteiger charge is 2.18. The number of fused-ring (bicyclic) bond motifs is 1. The van der Waals surface area contributed by atoms with Gasteiger partial charge in [-0.3, -0.25) is 10.1 Å². The van der Waals surface area contributed by atoms with Crippen molar-refractivity contribution in [3.8, 4) is 11.6 Å². The van der Waals surface area contributed by atoms with Crippen LogP contribution in [0.3, 0.4) is 0 Å². The zero-order valence-electron chi connectivity index (χ0n) is 12.8. The second-order valence-corrected chi connectivity index (χ2v) is 5.33. The van der Waals surface area contributed by atoms with Gasteiger partial charge in [-0.2, -0.15) is 14.6 Å². The number of nitrogens with zero attached hydrogens (tertiary/aromatic N) is 5. The number of nitro groups is 1. The van der Waals surface area contributed by atoms with Gasteiger partial charge in [-0.1, -0.05) is 11.6 Å². The number of methoxy groups -OCH3 is 1. The topological polar surface area (TPSA) is 105 Å². The summed E-state index contributed by atoms with van der Waals surface area (Å²) in [6, 6.07) is 4.38. The molecule has 0 saturated heterocycles. The van der Waals surface area contributed by atoms with Gasteiger partial charge in [0.25, 0.3) is 11.5 Å². The van der Waals surface area contributed by atoms with E-state index in [9.17, 15) is 10.1 Å². The first kappa shape index (κ1) is 16.1. The number of benzene rings is 1. The van der Waals surface area contributed by atoms with Gasteiger partial charge in [0.15, 0.2) is 0 Å². The van der Waals surface area contributed by atoms with Gasteiger partial charge in [-0.25, -0.2) is 4.98 Å². The lowest BCUT2D eigenvalue weighted by atomic mass is 10.2. The molecule has 0 radical (unpaired) electrons. The minimum atomic E-state index is -0.567. The van der Waals surface area contributed by atoms with Crippen molar-refractivity contribution in [1.29, 1.82) is 0 Å². The number of hydrogen-bond donors (Lipinski definition) is 0. The molecule has 0 N–H and O–H groups in total. The van der Waals surface area contributed by atoms with Crippen LogP contribution < -0.4 is 4.74 Å². The Morgan fingerprint density at radius 3 is 2.88 bits per heavy atom. The number of aromatic nitrogens is 4. The molecule has 2 heterocycles. The van der Waals surface area contributed by atoms with Crippen LogP contribution in [0.1, 0.15) is 11.3 Å². The van der Waals surface area contributed by atoms with Crippen LogP contribution in [-0.4, -0.2) is 31.6 Å². The third kappa shape index (κ3) is 2.99. The maximum Gasteiger partial charge on any atom is 0.291 e. The predicted octanol–water partition coefficient (Wildman–Crippen LogP) is 2.93. The van der Waals surface area contributed by atoms with Crippen LogP contribution >= 0.6 is 11.6 Å². The number of ether oxygens (including phenoxy) is 2. The Morgan fingerprint density at radius 1 is 1.38 bits per heavy atom. The van der Waals surface area contributed by atoms with Crippen molar-refractivity contribution in [2.24, 2.45) is 0 Å². The maximum absolute atomic E-state index is 11.1. The van der Waals surface area contributed by atoms with Gasteiger partial charge >= 0.3 is 0 Å². The van der Waals surface area contributed by atoms with E-state index in [1.165, 1.54) is 23.0 Å².